The highest BCUT2D eigenvalue weighted by atomic mass is 19.3. The van der Waals surface area contributed by atoms with Crippen LogP contribution < -0.4 is 4.74 Å². The molecule has 1 N–H and O–H groups in total. The number of ether oxygens (including phenoxy) is 1. The monoisotopic (exact) mass is 230 g/mol. The maximum atomic E-state index is 13.3. The van der Waals surface area contributed by atoms with Gasteiger partial charge in [0.1, 0.15) is 12.2 Å². The Kier molecular flexibility index (Phi) is 3.82. The van der Waals surface area contributed by atoms with Gasteiger partial charge in [0, 0.05) is 5.56 Å². The molecule has 0 aromatic heterocycles. The van der Waals surface area contributed by atoms with Crippen LogP contribution >= 0.6 is 0 Å². The molecule has 0 heterocycles. The second-order valence-corrected chi connectivity index (χ2v) is 3.23. The topological polar surface area (TPSA) is 46.5 Å². The smallest absolute Gasteiger partial charge is 0.309 e. The van der Waals surface area contributed by atoms with E-state index in [0.29, 0.717) is 12.4 Å². The second-order valence-electron chi connectivity index (χ2n) is 3.23. The fourth-order valence-corrected chi connectivity index (χ4v) is 1.25. The van der Waals surface area contributed by atoms with E-state index in [2.05, 4.69) is 0 Å². The van der Waals surface area contributed by atoms with E-state index in [1.165, 1.54) is 24.3 Å². The second kappa shape index (κ2) is 4.92. The zero-order valence-electron chi connectivity index (χ0n) is 8.74. The van der Waals surface area contributed by atoms with Crippen molar-refractivity contribution in [3.8, 4) is 5.75 Å². The van der Waals surface area contributed by atoms with Gasteiger partial charge in [0.2, 0.25) is 0 Å². The van der Waals surface area contributed by atoms with Crippen molar-refractivity contribution < 1.29 is 23.4 Å². The molecule has 1 rings (SSSR count). The molecular formula is C11H12F2O3. The quantitative estimate of drug-likeness (QED) is 0.845. The summed E-state index contributed by atoms with van der Waals surface area (Å²) in [5.74, 6) is -4.40. The standard InChI is InChI=1S/C11H12F2O3/c1-2-16-9-5-3-8(4-6-9)11(12,13)7-10(14)15/h3-6H,2,7H2,1H3,(H,14,15). The van der Waals surface area contributed by atoms with E-state index in [9.17, 15) is 13.6 Å². The number of hydrogen-bond donors (Lipinski definition) is 1. The molecule has 0 aliphatic rings. The molecule has 88 valence electrons. The van der Waals surface area contributed by atoms with E-state index < -0.39 is 18.3 Å². The molecule has 5 heteroatoms. The Balaban J connectivity index is 2.83. The zero-order valence-corrected chi connectivity index (χ0v) is 8.74. The van der Waals surface area contributed by atoms with Gasteiger partial charge in [-0.05, 0) is 31.2 Å². The fourth-order valence-electron chi connectivity index (χ4n) is 1.25. The molecule has 16 heavy (non-hydrogen) atoms. The molecule has 0 aliphatic carbocycles. The first-order valence-electron chi connectivity index (χ1n) is 4.78. The zero-order chi connectivity index (χ0) is 12.2. The summed E-state index contributed by atoms with van der Waals surface area (Å²) in [5.41, 5.74) is -0.321. The summed E-state index contributed by atoms with van der Waals surface area (Å²) >= 11 is 0. The molecule has 0 spiro atoms. The van der Waals surface area contributed by atoms with Gasteiger partial charge in [-0.3, -0.25) is 4.79 Å². The third-order valence-electron chi connectivity index (χ3n) is 1.96. The molecule has 0 atom stereocenters. The van der Waals surface area contributed by atoms with Crippen molar-refractivity contribution in [2.45, 2.75) is 19.3 Å². The summed E-state index contributed by atoms with van der Waals surface area (Å²) < 4.78 is 31.7. The molecule has 3 nitrogen and oxygen atoms in total. The predicted molar refractivity (Wildman–Crippen MR) is 53.8 cm³/mol. The molecule has 0 radical (unpaired) electrons. The first-order valence-corrected chi connectivity index (χ1v) is 4.78. The van der Waals surface area contributed by atoms with Crippen LogP contribution in [0.1, 0.15) is 18.9 Å². The van der Waals surface area contributed by atoms with Crippen molar-refractivity contribution in [1.82, 2.24) is 0 Å². The number of carboxylic acid groups (broad SMARTS) is 1. The van der Waals surface area contributed by atoms with E-state index in [-0.39, 0.29) is 5.56 Å². The minimum absolute atomic E-state index is 0.321. The van der Waals surface area contributed by atoms with E-state index >= 15 is 0 Å². The largest absolute Gasteiger partial charge is 0.494 e. The minimum Gasteiger partial charge on any atom is -0.494 e. The highest BCUT2D eigenvalue weighted by Crippen LogP contribution is 2.32. The van der Waals surface area contributed by atoms with Crippen LogP contribution in [-0.2, 0) is 10.7 Å². The van der Waals surface area contributed by atoms with Crippen molar-refractivity contribution in [2.24, 2.45) is 0 Å². The summed E-state index contributed by atoms with van der Waals surface area (Å²) in [6.45, 7) is 2.23. The number of hydrogen-bond acceptors (Lipinski definition) is 2. The van der Waals surface area contributed by atoms with Gasteiger partial charge in [0.25, 0.3) is 5.92 Å². The number of rotatable bonds is 5. The van der Waals surface area contributed by atoms with Crippen molar-refractivity contribution in [1.29, 1.82) is 0 Å². The molecule has 0 saturated carbocycles. The third kappa shape index (κ3) is 3.18. The van der Waals surface area contributed by atoms with E-state index in [1.54, 1.807) is 6.92 Å². The Bertz CT molecular complexity index is 360. The molecule has 0 bridgehead atoms. The Morgan fingerprint density at radius 2 is 1.94 bits per heavy atom. The number of carboxylic acids is 1. The number of aliphatic carboxylic acids is 1. The lowest BCUT2D eigenvalue weighted by Crippen LogP contribution is -2.18. The summed E-state index contributed by atoms with van der Waals surface area (Å²) in [5, 5.41) is 8.34. The highest BCUT2D eigenvalue weighted by molar-refractivity contribution is 5.68. The van der Waals surface area contributed by atoms with Crippen molar-refractivity contribution in [2.75, 3.05) is 6.61 Å². The molecule has 0 fully saturated rings. The van der Waals surface area contributed by atoms with Gasteiger partial charge in [0.05, 0.1) is 6.61 Å². The van der Waals surface area contributed by atoms with Gasteiger partial charge in [-0.25, -0.2) is 8.78 Å². The van der Waals surface area contributed by atoms with Crippen LogP contribution in [0.3, 0.4) is 0 Å². The average molecular weight is 230 g/mol. The van der Waals surface area contributed by atoms with Gasteiger partial charge in [-0.15, -0.1) is 0 Å². The fraction of sp³-hybridized carbons (Fsp3) is 0.364. The first-order chi connectivity index (χ1) is 7.45. The highest BCUT2D eigenvalue weighted by Gasteiger charge is 2.34. The molecule has 0 aliphatic heterocycles. The van der Waals surface area contributed by atoms with Crippen LogP contribution in [0.4, 0.5) is 8.78 Å². The SMILES string of the molecule is CCOc1ccc(C(F)(F)CC(=O)O)cc1. The molecule has 0 amide bonds. The van der Waals surface area contributed by atoms with Crippen LogP contribution in [0.25, 0.3) is 0 Å². The molecule has 1 aromatic carbocycles. The van der Waals surface area contributed by atoms with Gasteiger partial charge in [-0.1, -0.05) is 0 Å². The van der Waals surface area contributed by atoms with Crippen LogP contribution in [0, 0.1) is 0 Å². The summed E-state index contributed by atoms with van der Waals surface area (Å²) in [6.07, 6.45) is -1.21. The van der Waals surface area contributed by atoms with Crippen molar-refractivity contribution in [3.05, 3.63) is 29.8 Å². The van der Waals surface area contributed by atoms with Crippen LogP contribution in [-0.4, -0.2) is 17.7 Å². The molecule has 0 saturated heterocycles. The Morgan fingerprint density at radius 1 is 1.38 bits per heavy atom. The third-order valence-corrected chi connectivity index (χ3v) is 1.96. The van der Waals surface area contributed by atoms with Crippen LogP contribution in [0.15, 0.2) is 24.3 Å². The maximum absolute atomic E-state index is 13.3. The van der Waals surface area contributed by atoms with Crippen LogP contribution in [0.2, 0.25) is 0 Å². The average Bonchev–Trinajstić information content (AvgIpc) is 2.17. The molecule has 0 unspecified atom stereocenters. The maximum Gasteiger partial charge on any atom is 0.309 e. The van der Waals surface area contributed by atoms with Crippen LogP contribution in [0.5, 0.6) is 5.75 Å². The van der Waals surface area contributed by atoms with Crippen molar-refractivity contribution >= 4 is 5.97 Å². The van der Waals surface area contributed by atoms with Gasteiger partial charge < -0.3 is 9.84 Å². The molecule has 1 aromatic rings. The predicted octanol–water partition coefficient (Wildman–Crippen LogP) is 2.65. The van der Waals surface area contributed by atoms with Crippen molar-refractivity contribution in [3.63, 3.8) is 0 Å². The number of alkyl halides is 2. The molecular weight excluding hydrogens is 218 g/mol. The number of halogens is 2. The number of carbonyl (C=O) groups is 1. The lowest BCUT2D eigenvalue weighted by atomic mass is 10.1. The summed E-state index contributed by atoms with van der Waals surface area (Å²) in [7, 11) is 0. The first kappa shape index (κ1) is 12.4. The number of benzene rings is 1. The van der Waals surface area contributed by atoms with Gasteiger partial charge in [0.15, 0.2) is 0 Å². The summed E-state index contributed by atoms with van der Waals surface area (Å²) in [6, 6.07) is 5.14. The normalized spacial score (nSPS) is 11.2. The Hall–Kier alpha value is -1.65. The van der Waals surface area contributed by atoms with Gasteiger partial charge in [-0.2, -0.15) is 0 Å². The summed E-state index contributed by atoms with van der Waals surface area (Å²) in [4.78, 5) is 10.3. The van der Waals surface area contributed by atoms with E-state index in [0.717, 1.165) is 0 Å². The van der Waals surface area contributed by atoms with E-state index in [4.69, 9.17) is 9.84 Å². The Labute approximate surface area is 91.7 Å². The lowest BCUT2D eigenvalue weighted by Gasteiger charge is -2.14. The lowest BCUT2D eigenvalue weighted by molar-refractivity contribution is -0.145. The van der Waals surface area contributed by atoms with E-state index in [1.807, 2.05) is 0 Å². The minimum atomic E-state index is -3.35. The Morgan fingerprint density at radius 3 is 2.38 bits per heavy atom. The van der Waals surface area contributed by atoms with Gasteiger partial charge >= 0.3 is 5.97 Å².